The summed E-state index contributed by atoms with van der Waals surface area (Å²) in [5.41, 5.74) is 1.79. The molecule has 1 rings (SSSR count). The molecule has 0 aliphatic heterocycles. The van der Waals surface area contributed by atoms with E-state index in [9.17, 15) is 0 Å². The van der Waals surface area contributed by atoms with E-state index in [1.54, 1.807) is 7.11 Å². The Hall–Kier alpha value is -1.18. The highest BCUT2D eigenvalue weighted by Crippen LogP contribution is 2.22. The number of methoxy groups -OCH3 is 1. The van der Waals surface area contributed by atoms with Crippen LogP contribution in [0.2, 0.25) is 0 Å². The molecule has 1 aromatic carbocycles. The van der Waals surface area contributed by atoms with Crippen molar-refractivity contribution in [2.45, 2.75) is 5.75 Å². The molecule has 0 unspecified atom stereocenters. The average Bonchev–Trinajstić information content (AvgIpc) is 2.34. The lowest BCUT2D eigenvalue weighted by molar-refractivity contribution is 0.413. The quantitative estimate of drug-likeness (QED) is 0.726. The Morgan fingerprint density at radius 2 is 2.18 bits per heavy atom. The van der Waals surface area contributed by atoms with Crippen molar-refractivity contribution in [1.82, 2.24) is 4.90 Å². The first-order chi connectivity index (χ1) is 8.17. The Morgan fingerprint density at radius 3 is 2.76 bits per heavy atom. The van der Waals surface area contributed by atoms with E-state index < -0.39 is 0 Å². The summed E-state index contributed by atoms with van der Waals surface area (Å²) in [6, 6.07) is 7.87. The van der Waals surface area contributed by atoms with Gasteiger partial charge < -0.3 is 9.64 Å². The minimum Gasteiger partial charge on any atom is -0.495 e. The summed E-state index contributed by atoms with van der Waals surface area (Å²) in [5.74, 6) is 2.73. The third kappa shape index (κ3) is 4.68. The number of rotatable bonds is 6. The van der Waals surface area contributed by atoms with Crippen molar-refractivity contribution in [3.05, 3.63) is 29.3 Å². The van der Waals surface area contributed by atoms with Gasteiger partial charge in [0.2, 0.25) is 0 Å². The number of hydrogen-bond acceptors (Lipinski definition) is 4. The second-order valence-electron chi connectivity index (χ2n) is 4.00. The largest absolute Gasteiger partial charge is 0.495 e. The maximum atomic E-state index is 8.87. The highest BCUT2D eigenvalue weighted by molar-refractivity contribution is 7.98. The molecule has 0 amide bonds. The lowest BCUT2D eigenvalue weighted by Gasteiger charge is -2.09. The minimum absolute atomic E-state index is 0.592. The summed E-state index contributed by atoms with van der Waals surface area (Å²) >= 11 is 1.89. The van der Waals surface area contributed by atoms with Gasteiger partial charge in [-0.3, -0.25) is 0 Å². The molecule has 0 saturated carbocycles. The molecule has 0 spiro atoms. The van der Waals surface area contributed by atoms with Gasteiger partial charge in [0.15, 0.2) is 0 Å². The lowest BCUT2D eigenvalue weighted by atomic mass is 10.1. The van der Waals surface area contributed by atoms with E-state index in [-0.39, 0.29) is 0 Å². The predicted molar refractivity (Wildman–Crippen MR) is 72.4 cm³/mol. The van der Waals surface area contributed by atoms with Crippen molar-refractivity contribution in [2.24, 2.45) is 0 Å². The van der Waals surface area contributed by atoms with Gasteiger partial charge in [-0.2, -0.15) is 17.0 Å². The molecule has 1 aromatic rings. The summed E-state index contributed by atoms with van der Waals surface area (Å²) in [5, 5.41) is 8.87. The molecule has 92 valence electrons. The smallest absolute Gasteiger partial charge is 0.136 e. The number of ether oxygens (including phenoxy) is 1. The zero-order chi connectivity index (χ0) is 12.7. The van der Waals surface area contributed by atoms with Crippen molar-refractivity contribution in [2.75, 3.05) is 33.5 Å². The Morgan fingerprint density at radius 1 is 1.41 bits per heavy atom. The number of benzene rings is 1. The average molecular weight is 250 g/mol. The minimum atomic E-state index is 0.592. The molecule has 0 atom stereocenters. The zero-order valence-corrected chi connectivity index (χ0v) is 11.4. The molecule has 0 N–H and O–H groups in total. The van der Waals surface area contributed by atoms with Gasteiger partial charge in [0.05, 0.1) is 12.7 Å². The standard InChI is InChI=1S/C13H18N2OS/c1-15(2)6-7-17-10-11-4-5-12(9-14)13(8-11)16-3/h4-5,8H,6-7,10H2,1-3H3. The van der Waals surface area contributed by atoms with E-state index in [0.29, 0.717) is 11.3 Å². The zero-order valence-electron chi connectivity index (χ0n) is 10.6. The highest BCUT2D eigenvalue weighted by Gasteiger charge is 2.03. The van der Waals surface area contributed by atoms with Crippen LogP contribution in [-0.2, 0) is 5.75 Å². The maximum absolute atomic E-state index is 8.87. The van der Waals surface area contributed by atoms with Gasteiger partial charge in [0.1, 0.15) is 11.8 Å². The number of nitriles is 1. The van der Waals surface area contributed by atoms with Gasteiger partial charge >= 0.3 is 0 Å². The van der Waals surface area contributed by atoms with E-state index in [2.05, 4.69) is 25.1 Å². The van der Waals surface area contributed by atoms with Crippen LogP contribution in [0.3, 0.4) is 0 Å². The molecule has 0 bridgehead atoms. The fraction of sp³-hybridized carbons (Fsp3) is 0.462. The highest BCUT2D eigenvalue weighted by atomic mass is 32.2. The predicted octanol–water partition coefficient (Wildman–Crippen LogP) is 2.36. The van der Waals surface area contributed by atoms with Gasteiger partial charge in [0.25, 0.3) is 0 Å². The third-order valence-electron chi connectivity index (χ3n) is 2.34. The summed E-state index contributed by atoms with van der Waals surface area (Å²) in [6.07, 6.45) is 0. The first-order valence-electron chi connectivity index (χ1n) is 5.47. The van der Waals surface area contributed by atoms with Gasteiger partial charge in [-0.15, -0.1) is 0 Å². The van der Waals surface area contributed by atoms with Gasteiger partial charge in [0, 0.05) is 18.1 Å². The first-order valence-corrected chi connectivity index (χ1v) is 6.62. The third-order valence-corrected chi connectivity index (χ3v) is 3.35. The van der Waals surface area contributed by atoms with Crippen LogP contribution in [0.25, 0.3) is 0 Å². The second-order valence-corrected chi connectivity index (χ2v) is 5.11. The van der Waals surface area contributed by atoms with Gasteiger partial charge in [-0.25, -0.2) is 0 Å². The summed E-state index contributed by atoms with van der Waals surface area (Å²) < 4.78 is 5.18. The first kappa shape index (κ1) is 13.9. The van der Waals surface area contributed by atoms with E-state index in [1.807, 2.05) is 30.0 Å². The number of hydrogen-bond donors (Lipinski definition) is 0. The van der Waals surface area contributed by atoms with Gasteiger partial charge in [-0.1, -0.05) is 6.07 Å². The molecule has 0 aliphatic rings. The van der Waals surface area contributed by atoms with E-state index in [1.165, 1.54) is 5.56 Å². The summed E-state index contributed by atoms with van der Waals surface area (Å²) in [7, 11) is 5.75. The molecule has 3 nitrogen and oxygen atoms in total. The normalized spacial score (nSPS) is 10.3. The fourth-order valence-corrected chi connectivity index (χ4v) is 2.41. The summed E-state index contributed by atoms with van der Waals surface area (Å²) in [4.78, 5) is 2.17. The van der Waals surface area contributed by atoms with E-state index in [4.69, 9.17) is 10.00 Å². The monoisotopic (exact) mass is 250 g/mol. The van der Waals surface area contributed by atoms with Crippen LogP contribution in [0.4, 0.5) is 0 Å². The molecule has 0 saturated heterocycles. The molecule has 0 heterocycles. The fourth-order valence-electron chi connectivity index (χ4n) is 1.35. The lowest BCUT2D eigenvalue weighted by Crippen LogP contribution is -2.14. The van der Waals surface area contributed by atoms with Crippen LogP contribution < -0.4 is 4.74 Å². The molecule has 0 radical (unpaired) electrons. The van der Waals surface area contributed by atoms with Crippen molar-refractivity contribution in [3.63, 3.8) is 0 Å². The van der Waals surface area contributed by atoms with Gasteiger partial charge in [-0.05, 0) is 31.8 Å². The number of nitrogens with zero attached hydrogens (tertiary/aromatic N) is 2. The van der Waals surface area contributed by atoms with Crippen LogP contribution in [-0.4, -0.2) is 38.4 Å². The topological polar surface area (TPSA) is 36.3 Å². The molecule has 17 heavy (non-hydrogen) atoms. The van der Waals surface area contributed by atoms with Crippen molar-refractivity contribution >= 4 is 11.8 Å². The van der Waals surface area contributed by atoms with Crippen LogP contribution in [0.15, 0.2) is 18.2 Å². The number of thioether (sulfide) groups is 1. The summed E-state index contributed by atoms with van der Waals surface area (Å²) in [6.45, 7) is 1.08. The molecule has 0 aliphatic carbocycles. The van der Waals surface area contributed by atoms with E-state index in [0.717, 1.165) is 18.1 Å². The van der Waals surface area contributed by atoms with Crippen LogP contribution in [0.5, 0.6) is 5.75 Å². The Labute approximate surface area is 107 Å². The van der Waals surface area contributed by atoms with Crippen molar-refractivity contribution in [3.8, 4) is 11.8 Å². The van der Waals surface area contributed by atoms with Crippen LogP contribution in [0.1, 0.15) is 11.1 Å². The van der Waals surface area contributed by atoms with Crippen LogP contribution >= 0.6 is 11.8 Å². The molecular formula is C13H18N2OS. The molecular weight excluding hydrogens is 232 g/mol. The van der Waals surface area contributed by atoms with E-state index >= 15 is 0 Å². The Balaban J connectivity index is 2.52. The molecule has 0 fully saturated rings. The SMILES string of the molecule is COc1cc(CSCCN(C)C)ccc1C#N. The Kier molecular flexibility index (Phi) is 5.88. The molecule has 4 heteroatoms. The Bertz CT molecular complexity index is 399. The van der Waals surface area contributed by atoms with Crippen molar-refractivity contribution in [1.29, 1.82) is 5.26 Å². The van der Waals surface area contributed by atoms with Crippen molar-refractivity contribution < 1.29 is 4.74 Å². The second kappa shape index (κ2) is 7.21. The molecule has 0 aromatic heterocycles. The van der Waals surface area contributed by atoms with Crippen LogP contribution in [0, 0.1) is 11.3 Å². The maximum Gasteiger partial charge on any atom is 0.136 e.